The molecule has 6 heteroatoms. The van der Waals surface area contributed by atoms with Gasteiger partial charge >= 0.3 is 0 Å². The van der Waals surface area contributed by atoms with Crippen molar-refractivity contribution >= 4 is 34.5 Å². The van der Waals surface area contributed by atoms with Gasteiger partial charge in [0.25, 0.3) is 0 Å². The number of carbonyl (C=O) groups excluding carboxylic acids is 1. The van der Waals surface area contributed by atoms with Crippen LogP contribution < -0.4 is 5.73 Å². The summed E-state index contributed by atoms with van der Waals surface area (Å²) in [5, 5.41) is 9.18. The van der Waals surface area contributed by atoms with Crippen molar-refractivity contribution in [3.05, 3.63) is 9.65 Å². The van der Waals surface area contributed by atoms with Crippen molar-refractivity contribution in [2.75, 3.05) is 5.73 Å². The van der Waals surface area contributed by atoms with Crippen LogP contribution >= 0.6 is 23.6 Å². The van der Waals surface area contributed by atoms with Gasteiger partial charge in [-0.05, 0) is 12.2 Å². The minimum atomic E-state index is -0.586. The van der Waals surface area contributed by atoms with Gasteiger partial charge < -0.3 is 5.73 Å². The minimum Gasteiger partial charge on any atom is -0.388 e. The van der Waals surface area contributed by atoms with Gasteiger partial charge in [-0.3, -0.25) is 4.79 Å². The Labute approximate surface area is 96.9 Å². The smallest absolute Gasteiger partial charge is 0.238 e. The van der Waals surface area contributed by atoms with E-state index in [1.54, 1.807) is 20.8 Å². The molecule has 0 spiro atoms. The van der Waals surface area contributed by atoms with Crippen LogP contribution in [0, 0.1) is 20.7 Å². The van der Waals surface area contributed by atoms with E-state index in [2.05, 4.69) is 0 Å². The molecule has 0 aliphatic heterocycles. The van der Waals surface area contributed by atoms with E-state index in [4.69, 9.17) is 23.2 Å². The Balaban J connectivity index is 3.46. The van der Waals surface area contributed by atoms with Crippen molar-refractivity contribution in [1.82, 2.24) is 4.57 Å². The zero-order valence-electron chi connectivity index (χ0n) is 8.70. The van der Waals surface area contributed by atoms with E-state index in [1.165, 1.54) is 4.57 Å². The van der Waals surface area contributed by atoms with E-state index in [-0.39, 0.29) is 11.6 Å². The molecule has 1 rings (SSSR count). The van der Waals surface area contributed by atoms with Gasteiger partial charge in [0.15, 0.2) is 9.65 Å². The van der Waals surface area contributed by atoms with Crippen molar-refractivity contribution in [3.8, 4) is 6.07 Å². The number of thiazole rings is 1. The molecule has 0 aromatic carbocycles. The van der Waals surface area contributed by atoms with Crippen LogP contribution in [0.5, 0.6) is 0 Å². The lowest BCUT2D eigenvalue weighted by Gasteiger charge is -2.17. The highest BCUT2D eigenvalue weighted by atomic mass is 32.1. The highest BCUT2D eigenvalue weighted by molar-refractivity contribution is 7.73. The van der Waals surface area contributed by atoms with E-state index < -0.39 is 5.41 Å². The molecular formula is C9H11N3OS2. The molecule has 1 heterocycles. The molecule has 15 heavy (non-hydrogen) atoms. The SMILES string of the molecule is CC(C)(C)C(=O)n1c(C#N)c(N)sc1=S. The van der Waals surface area contributed by atoms with Crippen LogP contribution in [0.25, 0.3) is 0 Å². The number of anilines is 1. The predicted octanol–water partition coefficient (Wildman–Crippen LogP) is 2.42. The van der Waals surface area contributed by atoms with Crippen LogP contribution in [0.15, 0.2) is 0 Å². The maximum absolute atomic E-state index is 12.0. The fraction of sp³-hybridized carbons (Fsp3) is 0.444. The molecule has 0 fully saturated rings. The zero-order valence-corrected chi connectivity index (χ0v) is 10.3. The molecule has 0 aliphatic carbocycles. The van der Waals surface area contributed by atoms with Crippen LogP contribution in [0.4, 0.5) is 5.00 Å². The van der Waals surface area contributed by atoms with Gasteiger partial charge in [0.05, 0.1) is 0 Å². The standard InChI is InChI=1S/C9H11N3OS2/c1-9(2,3)7(13)12-5(4-10)6(11)15-8(12)14/h11H2,1-3H3. The largest absolute Gasteiger partial charge is 0.388 e. The Hall–Kier alpha value is -1.19. The molecule has 4 nitrogen and oxygen atoms in total. The Morgan fingerprint density at radius 1 is 1.60 bits per heavy atom. The summed E-state index contributed by atoms with van der Waals surface area (Å²) in [5.41, 5.74) is 5.15. The van der Waals surface area contributed by atoms with Gasteiger partial charge in [-0.2, -0.15) is 5.26 Å². The molecule has 0 amide bonds. The third kappa shape index (κ3) is 2.08. The molecule has 0 saturated heterocycles. The predicted molar refractivity (Wildman–Crippen MR) is 62.4 cm³/mol. The Kier molecular flexibility index (Phi) is 2.98. The molecule has 0 radical (unpaired) electrons. The number of nitrogens with zero attached hydrogens (tertiary/aromatic N) is 2. The van der Waals surface area contributed by atoms with Gasteiger partial charge in [-0.15, -0.1) is 0 Å². The van der Waals surface area contributed by atoms with E-state index in [1.807, 2.05) is 6.07 Å². The van der Waals surface area contributed by atoms with E-state index in [0.29, 0.717) is 8.96 Å². The number of hydrogen-bond acceptors (Lipinski definition) is 5. The number of carbonyl (C=O) groups is 1. The average molecular weight is 241 g/mol. The number of rotatable bonds is 0. The van der Waals surface area contributed by atoms with E-state index in [9.17, 15) is 4.79 Å². The fourth-order valence-corrected chi connectivity index (χ4v) is 2.15. The number of hydrogen-bond donors (Lipinski definition) is 1. The first kappa shape index (κ1) is 11.9. The van der Waals surface area contributed by atoms with Crippen LogP contribution in [0.1, 0.15) is 31.3 Å². The second kappa shape index (κ2) is 3.76. The van der Waals surface area contributed by atoms with Crippen LogP contribution in [-0.4, -0.2) is 10.5 Å². The maximum Gasteiger partial charge on any atom is 0.238 e. The summed E-state index contributed by atoms with van der Waals surface area (Å²) in [6.45, 7) is 5.31. The van der Waals surface area contributed by atoms with Gasteiger partial charge in [0, 0.05) is 5.41 Å². The first-order valence-electron chi connectivity index (χ1n) is 4.25. The van der Waals surface area contributed by atoms with Gasteiger partial charge in [0.1, 0.15) is 11.1 Å². The number of nitrogens with two attached hydrogens (primary N) is 1. The monoisotopic (exact) mass is 241 g/mol. The maximum atomic E-state index is 12.0. The summed E-state index contributed by atoms with van der Waals surface area (Å²) < 4.78 is 1.54. The fourth-order valence-electron chi connectivity index (χ4n) is 1.01. The number of nitriles is 1. The second-order valence-electron chi connectivity index (χ2n) is 4.08. The van der Waals surface area contributed by atoms with Crippen LogP contribution in [-0.2, 0) is 0 Å². The Morgan fingerprint density at radius 3 is 2.53 bits per heavy atom. The molecule has 1 aromatic rings. The van der Waals surface area contributed by atoms with Crippen molar-refractivity contribution < 1.29 is 4.79 Å². The average Bonchev–Trinajstić information content (AvgIpc) is 2.37. The summed E-state index contributed by atoms with van der Waals surface area (Å²) >= 11 is 6.08. The molecule has 0 atom stereocenters. The summed E-state index contributed by atoms with van der Waals surface area (Å²) in [6.07, 6.45) is 0. The van der Waals surface area contributed by atoms with Crippen molar-refractivity contribution in [2.45, 2.75) is 20.8 Å². The third-order valence-corrected chi connectivity index (χ3v) is 2.99. The Morgan fingerprint density at radius 2 is 2.13 bits per heavy atom. The topological polar surface area (TPSA) is 71.8 Å². The molecular weight excluding hydrogens is 230 g/mol. The molecule has 0 saturated carbocycles. The van der Waals surface area contributed by atoms with E-state index in [0.717, 1.165) is 11.3 Å². The van der Waals surface area contributed by atoms with E-state index >= 15 is 0 Å². The van der Waals surface area contributed by atoms with Crippen molar-refractivity contribution in [1.29, 1.82) is 5.26 Å². The third-order valence-electron chi connectivity index (χ3n) is 1.79. The van der Waals surface area contributed by atoms with Gasteiger partial charge in [-0.1, -0.05) is 32.1 Å². The zero-order chi connectivity index (χ0) is 11.8. The number of aromatic nitrogens is 1. The highest BCUT2D eigenvalue weighted by Crippen LogP contribution is 2.25. The van der Waals surface area contributed by atoms with Gasteiger partial charge in [0.2, 0.25) is 5.91 Å². The van der Waals surface area contributed by atoms with Gasteiger partial charge in [-0.25, -0.2) is 4.57 Å². The lowest BCUT2D eigenvalue weighted by molar-refractivity contribution is 0.0765. The molecule has 2 N–H and O–H groups in total. The van der Waals surface area contributed by atoms with Crippen LogP contribution in [0.2, 0.25) is 0 Å². The molecule has 0 bridgehead atoms. The van der Waals surface area contributed by atoms with Crippen LogP contribution in [0.3, 0.4) is 0 Å². The highest BCUT2D eigenvalue weighted by Gasteiger charge is 2.27. The number of nitrogen functional groups attached to an aromatic ring is 1. The summed E-state index contributed by atoms with van der Waals surface area (Å²) in [4.78, 5) is 12.0. The summed E-state index contributed by atoms with van der Waals surface area (Å²) in [5.74, 6) is -0.211. The van der Waals surface area contributed by atoms with Crippen molar-refractivity contribution in [3.63, 3.8) is 0 Å². The molecule has 0 aliphatic rings. The Bertz CT molecular complexity index is 499. The normalized spacial score (nSPS) is 11.1. The first-order chi connectivity index (χ1) is 6.79. The molecule has 1 aromatic heterocycles. The molecule has 80 valence electrons. The minimum absolute atomic E-state index is 0.143. The lowest BCUT2D eigenvalue weighted by atomic mass is 9.95. The first-order valence-corrected chi connectivity index (χ1v) is 5.47. The summed E-state index contributed by atoms with van der Waals surface area (Å²) in [6, 6.07) is 1.90. The summed E-state index contributed by atoms with van der Waals surface area (Å²) in [7, 11) is 0. The lowest BCUT2D eigenvalue weighted by Crippen LogP contribution is -2.27. The van der Waals surface area contributed by atoms with Crippen molar-refractivity contribution in [2.24, 2.45) is 5.41 Å². The quantitative estimate of drug-likeness (QED) is 0.708. The molecule has 0 unspecified atom stereocenters. The second-order valence-corrected chi connectivity index (χ2v) is 5.76.